The molecule has 0 fully saturated rings. The Morgan fingerprint density at radius 2 is 1.95 bits per heavy atom. The lowest BCUT2D eigenvalue weighted by atomic mass is 10.1. The molecule has 1 N–H and O–H groups in total. The molecule has 0 saturated heterocycles. The molecule has 0 aliphatic heterocycles. The molecule has 0 saturated carbocycles. The number of aliphatic hydroxyl groups excluding tert-OH is 1. The van der Waals surface area contributed by atoms with Gasteiger partial charge < -0.3 is 5.11 Å². The summed E-state index contributed by atoms with van der Waals surface area (Å²) in [6.07, 6.45) is 0.679. The number of rotatable bonds is 3. The van der Waals surface area contributed by atoms with Crippen molar-refractivity contribution >= 4 is 22.5 Å². The van der Waals surface area contributed by atoms with Gasteiger partial charge in [0.15, 0.2) is 0 Å². The summed E-state index contributed by atoms with van der Waals surface area (Å²) in [7, 11) is 0. The van der Waals surface area contributed by atoms with Crippen LogP contribution < -0.4 is 5.56 Å². The summed E-state index contributed by atoms with van der Waals surface area (Å²) in [6, 6.07) is 12.5. The molecule has 22 heavy (non-hydrogen) atoms. The van der Waals surface area contributed by atoms with E-state index >= 15 is 0 Å². The minimum atomic E-state index is -0.793. The topological polar surface area (TPSA) is 55.1 Å². The van der Waals surface area contributed by atoms with Gasteiger partial charge >= 0.3 is 0 Å². The van der Waals surface area contributed by atoms with Gasteiger partial charge in [-0.3, -0.25) is 9.36 Å². The highest BCUT2D eigenvalue weighted by atomic mass is 35.5. The van der Waals surface area contributed by atoms with Gasteiger partial charge in [0.2, 0.25) is 0 Å². The van der Waals surface area contributed by atoms with Crippen LogP contribution in [0.2, 0.25) is 5.02 Å². The molecule has 2 aromatic carbocycles. The molecule has 1 heterocycles. The van der Waals surface area contributed by atoms with Crippen LogP contribution in [-0.2, 0) is 6.54 Å². The van der Waals surface area contributed by atoms with Crippen LogP contribution >= 0.6 is 11.6 Å². The highest BCUT2D eigenvalue weighted by Crippen LogP contribution is 2.18. The van der Waals surface area contributed by atoms with E-state index in [2.05, 4.69) is 4.98 Å². The molecule has 0 amide bonds. The van der Waals surface area contributed by atoms with E-state index in [1.54, 1.807) is 24.3 Å². The van der Waals surface area contributed by atoms with Crippen LogP contribution in [0.15, 0.2) is 53.6 Å². The summed E-state index contributed by atoms with van der Waals surface area (Å²) in [6.45, 7) is 2.08. The molecule has 0 aliphatic rings. The summed E-state index contributed by atoms with van der Waals surface area (Å²) in [5.41, 5.74) is 2.22. The maximum atomic E-state index is 12.5. The molecule has 4 nitrogen and oxygen atoms in total. The average Bonchev–Trinajstić information content (AvgIpc) is 2.51. The fraction of sp³-hybridized carbons (Fsp3) is 0.176. The van der Waals surface area contributed by atoms with Gasteiger partial charge in [-0.1, -0.05) is 35.4 Å². The minimum absolute atomic E-state index is 0.150. The summed E-state index contributed by atoms with van der Waals surface area (Å²) in [5, 5.41) is 11.5. The second-order valence-corrected chi connectivity index (χ2v) is 5.73. The van der Waals surface area contributed by atoms with Crippen LogP contribution in [0.4, 0.5) is 0 Å². The third-order valence-corrected chi connectivity index (χ3v) is 3.86. The molecule has 1 atom stereocenters. The van der Waals surface area contributed by atoms with Crippen LogP contribution in [0.3, 0.4) is 0 Å². The van der Waals surface area contributed by atoms with E-state index in [9.17, 15) is 9.90 Å². The van der Waals surface area contributed by atoms with Crippen LogP contribution in [0.25, 0.3) is 10.9 Å². The number of aliphatic hydroxyl groups is 1. The second-order valence-electron chi connectivity index (χ2n) is 5.29. The number of aromatic nitrogens is 2. The number of benzene rings is 2. The summed E-state index contributed by atoms with van der Waals surface area (Å²) in [4.78, 5) is 16.8. The SMILES string of the molecule is Cc1ccc2ncn(CC(O)c3ccc(Cl)cc3)c(=O)c2c1. The van der Waals surface area contributed by atoms with Crippen LogP contribution in [-0.4, -0.2) is 14.7 Å². The maximum Gasteiger partial charge on any atom is 0.261 e. The van der Waals surface area contributed by atoms with Crippen LogP contribution in [0.5, 0.6) is 0 Å². The Balaban J connectivity index is 1.95. The smallest absolute Gasteiger partial charge is 0.261 e. The van der Waals surface area contributed by atoms with Crippen molar-refractivity contribution in [1.82, 2.24) is 9.55 Å². The Morgan fingerprint density at radius 3 is 2.68 bits per heavy atom. The number of nitrogens with zero attached hydrogens (tertiary/aromatic N) is 2. The van der Waals surface area contributed by atoms with Gasteiger partial charge in [0, 0.05) is 5.02 Å². The van der Waals surface area contributed by atoms with Gasteiger partial charge in [-0.2, -0.15) is 0 Å². The van der Waals surface area contributed by atoms with Gasteiger partial charge in [-0.25, -0.2) is 4.98 Å². The van der Waals surface area contributed by atoms with Crippen molar-refractivity contribution in [2.45, 2.75) is 19.6 Å². The van der Waals surface area contributed by atoms with Gasteiger partial charge in [-0.15, -0.1) is 0 Å². The van der Waals surface area contributed by atoms with Crippen molar-refractivity contribution < 1.29 is 5.11 Å². The van der Waals surface area contributed by atoms with Gasteiger partial charge in [0.05, 0.1) is 29.9 Å². The van der Waals surface area contributed by atoms with E-state index in [0.29, 0.717) is 21.5 Å². The first kappa shape index (κ1) is 14.8. The third-order valence-electron chi connectivity index (χ3n) is 3.60. The molecular weight excluding hydrogens is 300 g/mol. The van der Waals surface area contributed by atoms with Crippen molar-refractivity contribution in [3.8, 4) is 0 Å². The molecule has 0 radical (unpaired) electrons. The molecule has 112 valence electrons. The zero-order valence-corrected chi connectivity index (χ0v) is 12.8. The third kappa shape index (κ3) is 2.89. The molecule has 0 aliphatic carbocycles. The minimum Gasteiger partial charge on any atom is -0.387 e. The molecule has 3 aromatic rings. The quantitative estimate of drug-likeness (QED) is 0.808. The van der Waals surface area contributed by atoms with Gasteiger partial charge in [-0.05, 0) is 36.8 Å². The Labute approximate surface area is 132 Å². The first-order valence-corrected chi connectivity index (χ1v) is 7.32. The molecule has 1 aromatic heterocycles. The van der Waals surface area contributed by atoms with Crippen molar-refractivity contribution in [1.29, 1.82) is 0 Å². The monoisotopic (exact) mass is 314 g/mol. The number of hydrogen-bond donors (Lipinski definition) is 1. The van der Waals surface area contributed by atoms with Crippen LogP contribution in [0.1, 0.15) is 17.2 Å². The van der Waals surface area contributed by atoms with E-state index in [1.807, 2.05) is 25.1 Å². The zero-order chi connectivity index (χ0) is 15.7. The highest BCUT2D eigenvalue weighted by molar-refractivity contribution is 6.30. The van der Waals surface area contributed by atoms with E-state index in [4.69, 9.17) is 11.6 Å². The number of halogens is 1. The van der Waals surface area contributed by atoms with Gasteiger partial charge in [0.25, 0.3) is 5.56 Å². The molecule has 1 unspecified atom stereocenters. The average molecular weight is 315 g/mol. The predicted octanol–water partition coefficient (Wildman–Crippen LogP) is 3.09. The van der Waals surface area contributed by atoms with Crippen molar-refractivity contribution in [3.63, 3.8) is 0 Å². The lowest BCUT2D eigenvalue weighted by molar-refractivity contribution is 0.155. The summed E-state index contributed by atoms with van der Waals surface area (Å²) >= 11 is 5.84. The fourth-order valence-electron chi connectivity index (χ4n) is 2.38. The predicted molar refractivity (Wildman–Crippen MR) is 87.2 cm³/mol. The van der Waals surface area contributed by atoms with E-state index < -0.39 is 6.10 Å². The normalized spacial score (nSPS) is 12.5. The fourth-order valence-corrected chi connectivity index (χ4v) is 2.51. The first-order valence-electron chi connectivity index (χ1n) is 6.94. The van der Waals surface area contributed by atoms with Gasteiger partial charge in [0.1, 0.15) is 0 Å². The molecule has 3 rings (SSSR count). The Hall–Kier alpha value is -2.17. The van der Waals surface area contributed by atoms with Crippen molar-refractivity contribution in [3.05, 3.63) is 75.3 Å². The van der Waals surface area contributed by atoms with E-state index in [1.165, 1.54) is 10.9 Å². The molecule has 0 spiro atoms. The molecule has 0 bridgehead atoms. The van der Waals surface area contributed by atoms with Crippen molar-refractivity contribution in [2.24, 2.45) is 0 Å². The first-order chi connectivity index (χ1) is 10.5. The van der Waals surface area contributed by atoms with E-state index in [-0.39, 0.29) is 12.1 Å². The number of fused-ring (bicyclic) bond motifs is 1. The number of hydrogen-bond acceptors (Lipinski definition) is 3. The number of aryl methyl sites for hydroxylation is 1. The van der Waals surface area contributed by atoms with Crippen molar-refractivity contribution in [2.75, 3.05) is 0 Å². The maximum absolute atomic E-state index is 12.5. The van der Waals surface area contributed by atoms with Crippen LogP contribution in [0, 0.1) is 6.92 Å². The summed E-state index contributed by atoms with van der Waals surface area (Å²) < 4.78 is 1.43. The lowest BCUT2D eigenvalue weighted by Gasteiger charge is -2.13. The Kier molecular flexibility index (Phi) is 3.96. The summed E-state index contributed by atoms with van der Waals surface area (Å²) in [5.74, 6) is 0. The van der Waals surface area contributed by atoms with E-state index in [0.717, 1.165) is 5.56 Å². The zero-order valence-electron chi connectivity index (χ0n) is 12.0. The standard InChI is InChI=1S/C17H15ClN2O2/c1-11-2-7-15-14(8-11)17(22)20(10-19-15)9-16(21)12-3-5-13(18)6-4-12/h2-8,10,16,21H,9H2,1H3. The second kappa shape index (κ2) is 5.91. The Bertz CT molecular complexity index is 872. The molecular formula is C17H15ClN2O2. The largest absolute Gasteiger partial charge is 0.387 e. The Morgan fingerprint density at radius 1 is 1.23 bits per heavy atom. The molecule has 5 heteroatoms. The lowest BCUT2D eigenvalue weighted by Crippen LogP contribution is -2.23. The highest BCUT2D eigenvalue weighted by Gasteiger charge is 2.11.